The fourth-order valence-corrected chi connectivity index (χ4v) is 2.82. The summed E-state index contributed by atoms with van der Waals surface area (Å²) in [7, 11) is 0. The van der Waals surface area contributed by atoms with E-state index in [1.165, 1.54) is 6.07 Å². The second-order valence-corrected chi connectivity index (χ2v) is 6.04. The average Bonchev–Trinajstić information content (AvgIpc) is 2.65. The standard InChI is InChI=1S/C20H13ClFN3/c21-18-9-16(5-6-19(18)22)25-17-8-15(10-23-12-17)14-7-13-3-1-2-4-20(13)24-11-14/h1-12,25H. The summed E-state index contributed by atoms with van der Waals surface area (Å²) in [4.78, 5) is 8.77. The van der Waals surface area contributed by atoms with E-state index in [4.69, 9.17) is 11.6 Å². The van der Waals surface area contributed by atoms with Crippen molar-refractivity contribution in [1.82, 2.24) is 9.97 Å². The molecule has 0 aliphatic carbocycles. The molecular weight excluding hydrogens is 337 g/mol. The van der Waals surface area contributed by atoms with E-state index in [-0.39, 0.29) is 5.02 Å². The molecule has 3 nitrogen and oxygen atoms in total. The molecule has 0 bridgehead atoms. The molecule has 0 spiro atoms. The topological polar surface area (TPSA) is 37.8 Å². The fraction of sp³-hybridized carbons (Fsp3) is 0. The lowest BCUT2D eigenvalue weighted by atomic mass is 10.1. The van der Waals surface area contributed by atoms with Gasteiger partial charge >= 0.3 is 0 Å². The van der Waals surface area contributed by atoms with Crippen LogP contribution in [0.25, 0.3) is 22.0 Å². The van der Waals surface area contributed by atoms with Crippen LogP contribution in [0.2, 0.25) is 5.02 Å². The molecule has 122 valence electrons. The van der Waals surface area contributed by atoms with Crippen LogP contribution in [0.4, 0.5) is 15.8 Å². The molecule has 0 aliphatic heterocycles. The van der Waals surface area contributed by atoms with Gasteiger partial charge in [0, 0.05) is 34.6 Å². The Morgan fingerprint density at radius 3 is 2.56 bits per heavy atom. The van der Waals surface area contributed by atoms with Crippen molar-refractivity contribution in [3.63, 3.8) is 0 Å². The van der Waals surface area contributed by atoms with Crippen molar-refractivity contribution in [2.75, 3.05) is 5.32 Å². The summed E-state index contributed by atoms with van der Waals surface area (Å²) in [6.07, 6.45) is 5.32. The Balaban J connectivity index is 1.67. The van der Waals surface area contributed by atoms with Crippen molar-refractivity contribution in [3.05, 3.63) is 84.0 Å². The zero-order chi connectivity index (χ0) is 17.2. The predicted octanol–water partition coefficient (Wildman–Crippen LogP) is 5.83. The first-order valence-electron chi connectivity index (χ1n) is 7.71. The molecule has 5 heteroatoms. The lowest BCUT2D eigenvalue weighted by Crippen LogP contribution is -1.93. The minimum Gasteiger partial charge on any atom is -0.354 e. The van der Waals surface area contributed by atoms with E-state index >= 15 is 0 Å². The zero-order valence-electron chi connectivity index (χ0n) is 13.1. The number of rotatable bonds is 3. The Bertz CT molecular complexity index is 1070. The maximum atomic E-state index is 13.3. The summed E-state index contributed by atoms with van der Waals surface area (Å²) < 4.78 is 13.3. The van der Waals surface area contributed by atoms with E-state index in [0.29, 0.717) is 5.69 Å². The van der Waals surface area contributed by atoms with E-state index < -0.39 is 5.82 Å². The van der Waals surface area contributed by atoms with Crippen LogP contribution in [0, 0.1) is 5.82 Å². The number of hydrogen-bond donors (Lipinski definition) is 1. The monoisotopic (exact) mass is 349 g/mol. The van der Waals surface area contributed by atoms with Crippen molar-refractivity contribution in [3.8, 4) is 11.1 Å². The second kappa shape index (κ2) is 6.49. The summed E-state index contributed by atoms with van der Waals surface area (Å²) in [5.74, 6) is -0.443. The van der Waals surface area contributed by atoms with Crippen LogP contribution in [-0.4, -0.2) is 9.97 Å². The van der Waals surface area contributed by atoms with Crippen LogP contribution in [-0.2, 0) is 0 Å². The van der Waals surface area contributed by atoms with Crippen LogP contribution in [0.15, 0.2) is 73.2 Å². The molecule has 25 heavy (non-hydrogen) atoms. The molecule has 0 amide bonds. The van der Waals surface area contributed by atoms with Crippen molar-refractivity contribution >= 4 is 33.9 Å². The summed E-state index contributed by atoms with van der Waals surface area (Å²) in [5.41, 5.74) is 4.35. The Hall–Kier alpha value is -2.98. The Kier molecular flexibility index (Phi) is 4.04. The van der Waals surface area contributed by atoms with Crippen LogP contribution in [0.5, 0.6) is 0 Å². The number of nitrogens with one attached hydrogen (secondary N) is 1. The molecular formula is C20H13ClFN3. The van der Waals surface area contributed by atoms with Gasteiger partial charge in [0.2, 0.25) is 0 Å². The highest BCUT2D eigenvalue weighted by Gasteiger charge is 2.05. The number of halogens is 2. The maximum absolute atomic E-state index is 13.3. The van der Waals surface area contributed by atoms with Crippen LogP contribution < -0.4 is 5.32 Å². The van der Waals surface area contributed by atoms with Crippen LogP contribution >= 0.6 is 11.6 Å². The number of fused-ring (bicyclic) bond motifs is 1. The molecule has 0 atom stereocenters. The van der Waals surface area contributed by atoms with Crippen molar-refractivity contribution in [2.45, 2.75) is 0 Å². The minimum atomic E-state index is -0.443. The number of aromatic nitrogens is 2. The minimum absolute atomic E-state index is 0.0767. The Morgan fingerprint density at radius 1 is 0.840 bits per heavy atom. The number of para-hydroxylation sites is 1. The number of pyridine rings is 2. The summed E-state index contributed by atoms with van der Waals surface area (Å²) in [6.45, 7) is 0. The van der Waals surface area contributed by atoms with Gasteiger partial charge < -0.3 is 5.32 Å². The predicted molar refractivity (Wildman–Crippen MR) is 99.7 cm³/mol. The summed E-state index contributed by atoms with van der Waals surface area (Å²) in [5, 5.41) is 4.33. The maximum Gasteiger partial charge on any atom is 0.141 e. The highest BCUT2D eigenvalue weighted by Crippen LogP contribution is 2.27. The first kappa shape index (κ1) is 15.5. The third-order valence-electron chi connectivity index (χ3n) is 3.87. The highest BCUT2D eigenvalue weighted by molar-refractivity contribution is 6.31. The lowest BCUT2D eigenvalue weighted by molar-refractivity contribution is 0.628. The van der Waals surface area contributed by atoms with E-state index in [2.05, 4.69) is 21.4 Å². The molecule has 0 aliphatic rings. The van der Waals surface area contributed by atoms with Crippen LogP contribution in [0.3, 0.4) is 0 Å². The van der Waals surface area contributed by atoms with Gasteiger partial charge in [0.1, 0.15) is 5.82 Å². The number of nitrogens with zero attached hydrogens (tertiary/aromatic N) is 2. The Labute approximate surface area is 149 Å². The van der Waals surface area contributed by atoms with Gasteiger partial charge in [-0.05, 0) is 36.4 Å². The van der Waals surface area contributed by atoms with Gasteiger partial charge in [-0.15, -0.1) is 0 Å². The third kappa shape index (κ3) is 3.30. The average molecular weight is 350 g/mol. The van der Waals surface area contributed by atoms with Gasteiger partial charge in [0.05, 0.1) is 22.4 Å². The lowest BCUT2D eigenvalue weighted by Gasteiger charge is -2.09. The quantitative estimate of drug-likeness (QED) is 0.505. The molecule has 0 saturated carbocycles. The van der Waals surface area contributed by atoms with Crippen molar-refractivity contribution < 1.29 is 4.39 Å². The van der Waals surface area contributed by atoms with Crippen molar-refractivity contribution in [1.29, 1.82) is 0 Å². The first-order chi connectivity index (χ1) is 12.2. The molecule has 0 fully saturated rings. The molecule has 4 aromatic rings. The van der Waals surface area contributed by atoms with Gasteiger partial charge in [0.25, 0.3) is 0 Å². The molecule has 0 radical (unpaired) electrons. The number of hydrogen-bond acceptors (Lipinski definition) is 3. The van der Waals surface area contributed by atoms with Gasteiger partial charge in [0.15, 0.2) is 0 Å². The molecule has 2 aromatic heterocycles. The molecule has 2 aromatic carbocycles. The molecule has 2 heterocycles. The summed E-state index contributed by atoms with van der Waals surface area (Å²) in [6, 6.07) is 16.5. The van der Waals surface area contributed by atoms with Gasteiger partial charge in [-0.2, -0.15) is 0 Å². The fourth-order valence-electron chi connectivity index (χ4n) is 2.64. The summed E-state index contributed by atoms with van der Waals surface area (Å²) >= 11 is 5.82. The van der Waals surface area contributed by atoms with E-state index in [1.54, 1.807) is 24.5 Å². The zero-order valence-corrected chi connectivity index (χ0v) is 13.8. The first-order valence-corrected chi connectivity index (χ1v) is 8.09. The highest BCUT2D eigenvalue weighted by atomic mass is 35.5. The number of anilines is 2. The number of benzene rings is 2. The SMILES string of the molecule is Fc1ccc(Nc2cncc(-c3cnc4ccccc4c3)c2)cc1Cl. The second-order valence-electron chi connectivity index (χ2n) is 5.63. The normalized spacial score (nSPS) is 10.8. The van der Waals surface area contributed by atoms with Gasteiger partial charge in [-0.1, -0.05) is 29.8 Å². The third-order valence-corrected chi connectivity index (χ3v) is 4.16. The van der Waals surface area contributed by atoms with E-state index in [0.717, 1.165) is 27.7 Å². The molecule has 0 unspecified atom stereocenters. The largest absolute Gasteiger partial charge is 0.354 e. The molecule has 4 rings (SSSR count). The van der Waals surface area contributed by atoms with Gasteiger partial charge in [-0.3, -0.25) is 9.97 Å². The van der Waals surface area contributed by atoms with E-state index in [1.807, 2.05) is 36.5 Å². The Morgan fingerprint density at radius 2 is 1.68 bits per heavy atom. The smallest absolute Gasteiger partial charge is 0.141 e. The van der Waals surface area contributed by atoms with Crippen LogP contribution in [0.1, 0.15) is 0 Å². The van der Waals surface area contributed by atoms with Gasteiger partial charge in [-0.25, -0.2) is 4.39 Å². The van der Waals surface area contributed by atoms with Crippen molar-refractivity contribution in [2.24, 2.45) is 0 Å². The van der Waals surface area contributed by atoms with E-state index in [9.17, 15) is 4.39 Å². The molecule has 0 saturated heterocycles. The molecule has 1 N–H and O–H groups in total.